The van der Waals surface area contributed by atoms with Crippen molar-refractivity contribution >= 4 is 49.2 Å². The fourth-order valence-electron chi connectivity index (χ4n) is 1.06. The van der Waals surface area contributed by atoms with Crippen LogP contribution in [-0.2, 0) is 4.79 Å². The summed E-state index contributed by atoms with van der Waals surface area (Å²) < 4.78 is 36.3. The quantitative estimate of drug-likeness (QED) is 0.892. The van der Waals surface area contributed by atoms with E-state index in [-0.39, 0.29) is 14.8 Å². The van der Waals surface area contributed by atoms with Crippen LogP contribution in [0.3, 0.4) is 0 Å². The molecule has 0 aliphatic heterocycles. The highest BCUT2D eigenvalue weighted by molar-refractivity contribution is 7.29. The van der Waals surface area contributed by atoms with Gasteiger partial charge in [0.25, 0.3) is 0 Å². The van der Waals surface area contributed by atoms with Crippen LogP contribution in [0.25, 0.3) is 9.53 Å². The lowest BCUT2D eigenvalue weighted by atomic mass is 10.5. The van der Waals surface area contributed by atoms with Crippen molar-refractivity contribution in [2.75, 3.05) is 5.32 Å². The van der Waals surface area contributed by atoms with Gasteiger partial charge in [-0.05, 0) is 6.07 Å². The van der Waals surface area contributed by atoms with E-state index in [1.807, 2.05) is 0 Å². The maximum absolute atomic E-state index is 12.0. The van der Waals surface area contributed by atoms with Gasteiger partial charge in [-0.2, -0.15) is 13.2 Å². The summed E-state index contributed by atoms with van der Waals surface area (Å²) in [5.41, 5.74) is 0. The van der Waals surface area contributed by atoms with Crippen molar-refractivity contribution in [2.45, 2.75) is 6.18 Å². The monoisotopic (exact) mass is 296 g/mol. The van der Waals surface area contributed by atoms with Crippen molar-refractivity contribution in [3.8, 4) is 0 Å². The van der Waals surface area contributed by atoms with Gasteiger partial charge in [-0.3, -0.25) is 10.1 Å². The topological polar surface area (TPSA) is 79.3 Å². The number of thiazole rings is 1. The maximum atomic E-state index is 12.0. The molecule has 0 fully saturated rings. The smallest absolute Gasteiger partial charge is 0.471 e. The molecule has 0 atom stereocenters. The van der Waals surface area contributed by atoms with Crippen LogP contribution in [0.1, 0.15) is 9.67 Å². The highest BCUT2D eigenvalue weighted by Crippen LogP contribution is 2.33. The van der Waals surface area contributed by atoms with Crippen molar-refractivity contribution < 1.29 is 27.9 Å². The number of nitrogens with one attached hydrogen (secondary N) is 1. The molecule has 18 heavy (non-hydrogen) atoms. The van der Waals surface area contributed by atoms with Crippen LogP contribution in [0.2, 0.25) is 0 Å². The number of amides is 1. The van der Waals surface area contributed by atoms with Gasteiger partial charge in [0, 0.05) is 0 Å². The maximum Gasteiger partial charge on any atom is 0.471 e. The first-order chi connectivity index (χ1) is 8.27. The third-order valence-corrected chi connectivity index (χ3v) is 3.84. The summed E-state index contributed by atoms with van der Waals surface area (Å²) in [4.78, 5) is 25.3. The fraction of sp³-hybridized carbons (Fsp3) is 0.125. The highest BCUT2D eigenvalue weighted by Gasteiger charge is 2.39. The van der Waals surface area contributed by atoms with Gasteiger partial charge in [-0.25, -0.2) is 9.78 Å². The summed E-state index contributed by atoms with van der Waals surface area (Å²) in [5, 5.41) is 10.1. The average Bonchev–Trinajstić information content (AvgIpc) is 2.72. The fourth-order valence-corrected chi connectivity index (χ4v) is 3.01. The summed E-state index contributed by atoms with van der Waals surface area (Å²) in [6, 6.07) is 1.29. The van der Waals surface area contributed by atoms with Crippen LogP contribution in [0.15, 0.2) is 6.07 Å². The molecular weight excluding hydrogens is 293 g/mol. The van der Waals surface area contributed by atoms with E-state index in [0.29, 0.717) is 4.70 Å². The van der Waals surface area contributed by atoms with Crippen LogP contribution < -0.4 is 5.32 Å². The number of carboxylic acid groups (broad SMARTS) is 1. The molecule has 2 heterocycles. The Morgan fingerprint density at radius 2 is 2.00 bits per heavy atom. The first kappa shape index (κ1) is 12.8. The first-order valence-corrected chi connectivity index (χ1v) is 5.92. The number of thiophene rings is 1. The number of aromatic nitrogens is 1. The van der Waals surface area contributed by atoms with Crippen LogP contribution >= 0.6 is 22.7 Å². The number of hydrogen-bond donors (Lipinski definition) is 2. The van der Waals surface area contributed by atoms with Crippen LogP contribution in [-0.4, -0.2) is 28.1 Å². The highest BCUT2D eigenvalue weighted by atomic mass is 32.1. The number of anilines is 1. The number of carboxylic acids is 1. The van der Waals surface area contributed by atoms with Crippen molar-refractivity contribution in [3.63, 3.8) is 0 Å². The van der Waals surface area contributed by atoms with E-state index in [0.717, 1.165) is 22.7 Å². The molecule has 0 aromatic carbocycles. The van der Waals surface area contributed by atoms with E-state index in [4.69, 9.17) is 5.11 Å². The van der Waals surface area contributed by atoms with Crippen LogP contribution in [0.4, 0.5) is 18.3 Å². The molecule has 2 rings (SSSR count). The molecule has 5 nitrogen and oxygen atoms in total. The van der Waals surface area contributed by atoms with E-state index in [2.05, 4.69) is 4.98 Å². The molecule has 96 valence electrons. The number of hydrogen-bond acceptors (Lipinski definition) is 5. The lowest BCUT2D eigenvalue weighted by Crippen LogP contribution is -2.29. The first-order valence-electron chi connectivity index (χ1n) is 4.29. The van der Waals surface area contributed by atoms with Gasteiger partial charge in [0.2, 0.25) is 0 Å². The minimum absolute atomic E-state index is 0.0393. The molecule has 0 bridgehead atoms. The summed E-state index contributed by atoms with van der Waals surface area (Å²) in [6.45, 7) is 0. The Labute approximate surface area is 105 Å². The van der Waals surface area contributed by atoms with Gasteiger partial charge >= 0.3 is 18.1 Å². The Hall–Kier alpha value is -1.68. The summed E-state index contributed by atoms with van der Waals surface area (Å²) in [5.74, 6) is -3.24. The molecule has 0 unspecified atom stereocenters. The van der Waals surface area contributed by atoms with E-state index >= 15 is 0 Å². The molecule has 2 N–H and O–H groups in total. The lowest BCUT2D eigenvalue weighted by molar-refractivity contribution is -0.167. The number of fused-ring (bicyclic) bond motifs is 1. The third kappa shape index (κ3) is 2.43. The number of nitrogens with zero attached hydrogens (tertiary/aromatic N) is 1. The van der Waals surface area contributed by atoms with Gasteiger partial charge in [-0.1, -0.05) is 11.3 Å². The number of halogens is 3. The minimum Gasteiger partial charge on any atom is -0.477 e. The molecular formula is C8H3F3N2O3S2. The molecule has 0 aliphatic rings. The normalized spacial score (nSPS) is 11.7. The summed E-state index contributed by atoms with van der Waals surface area (Å²) >= 11 is 1.61. The number of aromatic carboxylic acids is 1. The Bertz CT molecular complexity index is 600. The zero-order valence-electron chi connectivity index (χ0n) is 8.24. The predicted octanol–water partition coefficient (Wildman–Crippen LogP) is 2.56. The van der Waals surface area contributed by atoms with Crippen LogP contribution in [0.5, 0.6) is 0 Å². The minimum atomic E-state index is -4.98. The Morgan fingerprint density at radius 1 is 1.33 bits per heavy atom. The number of rotatable bonds is 2. The van der Waals surface area contributed by atoms with E-state index in [9.17, 15) is 22.8 Å². The second-order valence-corrected chi connectivity index (χ2v) is 5.12. The van der Waals surface area contributed by atoms with Gasteiger partial charge < -0.3 is 5.11 Å². The molecule has 0 saturated heterocycles. The van der Waals surface area contributed by atoms with Gasteiger partial charge in [0.15, 0.2) is 5.13 Å². The van der Waals surface area contributed by atoms with Gasteiger partial charge in [0.05, 0.1) is 4.70 Å². The van der Waals surface area contributed by atoms with Crippen LogP contribution in [0, 0.1) is 0 Å². The van der Waals surface area contributed by atoms with E-state index in [1.54, 1.807) is 5.32 Å². The number of carbonyl (C=O) groups is 2. The summed E-state index contributed by atoms with van der Waals surface area (Å²) in [7, 11) is 0. The Morgan fingerprint density at radius 3 is 2.50 bits per heavy atom. The Kier molecular flexibility index (Phi) is 2.99. The number of carbonyl (C=O) groups excluding carboxylic acids is 1. The van der Waals surface area contributed by atoms with Crippen molar-refractivity contribution in [2.24, 2.45) is 0 Å². The van der Waals surface area contributed by atoms with Gasteiger partial charge in [-0.15, -0.1) is 11.3 Å². The largest absolute Gasteiger partial charge is 0.477 e. The second-order valence-electron chi connectivity index (χ2n) is 3.06. The number of alkyl halides is 3. The molecule has 2 aromatic heterocycles. The Balaban J connectivity index is 2.24. The zero-order chi connectivity index (χ0) is 13.5. The zero-order valence-corrected chi connectivity index (χ0v) is 9.87. The van der Waals surface area contributed by atoms with E-state index < -0.39 is 18.1 Å². The molecule has 2 aromatic rings. The SMILES string of the molecule is O=C(O)c1cc2sc(NC(=O)C(F)(F)F)nc2s1. The molecule has 10 heteroatoms. The summed E-state index contributed by atoms with van der Waals surface area (Å²) in [6.07, 6.45) is -4.98. The molecule has 0 spiro atoms. The van der Waals surface area contributed by atoms with Crippen molar-refractivity contribution in [3.05, 3.63) is 10.9 Å². The van der Waals surface area contributed by atoms with Gasteiger partial charge in [0.1, 0.15) is 9.71 Å². The average molecular weight is 296 g/mol. The van der Waals surface area contributed by atoms with Crippen molar-refractivity contribution in [1.82, 2.24) is 4.98 Å². The molecule has 0 saturated carbocycles. The van der Waals surface area contributed by atoms with Crippen molar-refractivity contribution in [1.29, 1.82) is 0 Å². The molecule has 0 aliphatic carbocycles. The lowest BCUT2D eigenvalue weighted by Gasteiger charge is -2.03. The predicted molar refractivity (Wildman–Crippen MR) is 59.1 cm³/mol. The standard InChI is InChI=1S/C8H3F3N2O3S2/c9-8(10,11)6(16)13-7-12-4-2(18-7)1-3(17-4)5(14)15/h1H,(H,14,15)(H,12,13,16). The van der Waals surface area contributed by atoms with E-state index in [1.165, 1.54) is 6.07 Å². The second kappa shape index (κ2) is 4.21. The molecule has 1 amide bonds. The molecule has 0 radical (unpaired) electrons. The third-order valence-electron chi connectivity index (χ3n) is 1.78.